The number of hydrazone groups is 1. The third-order valence-electron chi connectivity index (χ3n) is 4.27. The molecule has 12 heteroatoms. The van der Waals surface area contributed by atoms with Gasteiger partial charge in [-0.3, -0.25) is 14.8 Å². The second kappa shape index (κ2) is 9.16. The number of sulfonamides is 2. The van der Waals surface area contributed by atoms with Crippen molar-refractivity contribution in [2.75, 3.05) is 4.72 Å². The fourth-order valence-electron chi connectivity index (χ4n) is 2.59. The molecule has 0 bridgehead atoms. The number of hydrogen-bond donors (Lipinski definition) is 2. The maximum absolute atomic E-state index is 12.6. The molecule has 3 rings (SSSR count). The molecule has 0 aliphatic heterocycles. The van der Waals surface area contributed by atoms with E-state index in [1.54, 1.807) is 30.3 Å². The molecule has 0 saturated carbocycles. The van der Waals surface area contributed by atoms with E-state index in [1.807, 2.05) is 11.8 Å². The molecule has 0 atom stereocenters. The Bertz CT molecular complexity index is 1370. The molecule has 0 aromatic heterocycles. The van der Waals surface area contributed by atoms with E-state index in [2.05, 4.69) is 9.82 Å². The van der Waals surface area contributed by atoms with Crippen LogP contribution >= 0.6 is 0 Å². The smallest absolute Gasteiger partial charge is 0.276 e. The van der Waals surface area contributed by atoms with Crippen LogP contribution in [-0.4, -0.2) is 28.0 Å². The lowest BCUT2D eigenvalue weighted by Gasteiger charge is -2.11. The van der Waals surface area contributed by atoms with Crippen molar-refractivity contribution in [3.63, 3.8) is 0 Å². The molecule has 10 nitrogen and oxygen atoms in total. The molecule has 3 aromatic rings. The predicted octanol–water partition coefficient (Wildman–Crippen LogP) is 3.02. The Balaban J connectivity index is 1.78. The molecule has 0 spiro atoms. The quantitative estimate of drug-likeness (QED) is 0.291. The van der Waals surface area contributed by atoms with Gasteiger partial charge in [0.05, 0.1) is 26.6 Å². The summed E-state index contributed by atoms with van der Waals surface area (Å²) in [7, 11) is -7.94. The van der Waals surface area contributed by atoms with Crippen LogP contribution in [0, 0.1) is 17.0 Å². The van der Waals surface area contributed by atoms with Crippen molar-refractivity contribution in [3.8, 4) is 0 Å². The summed E-state index contributed by atoms with van der Waals surface area (Å²) >= 11 is 0. The largest absolute Gasteiger partial charge is 0.279 e. The molecule has 3 aromatic carbocycles. The van der Waals surface area contributed by atoms with Gasteiger partial charge < -0.3 is 0 Å². The standard InChI is InChI=1S/C20H18N4O6S2/c1-15-6-10-18(11-7-15)31(27,28)22-20-5-3-2-4-16(20)14-21-23-32(29,30)19-12-8-17(9-13-19)24(25)26/h2-14,22-23H,1H3/b21-14-. The molecule has 2 N–H and O–H groups in total. The number of rotatable bonds is 8. The van der Waals surface area contributed by atoms with E-state index in [1.165, 1.54) is 18.2 Å². The van der Waals surface area contributed by atoms with Gasteiger partial charge in [-0.15, -0.1) is 0 Å². The van der Waals surface area contributed by atoms with Crippen LogP contribution in [0.15, 0.2) is 87.7 Å². The Morgan fingerprint density at radius 3 is 2.03 bits per heavy atom. The Labute approximate surface area is 184 Å². The van der Waals surface area contributed by atoms with Crippen LogP contribution in [-0.2, 0) is 20.0 Å². The molecular weight excluding hydrogens is 456 g/mol. The zero-order valence-corrected chi connectivity index (χ0v) is 18.3. The van der Waals surface area contributed by atoms with Gasteiger partial charge in [-0.1, -0.05) is 35.9 Å². The van der Waals surface area contributed by atoms with Gasteiger partial charge in [0.15, 0.2) is 0 Å². The number of nitro benzene ring substituents is 1. The molecule has 0 heterocycles. The Morgan fingerprint density at radius 1 is 0.844 bits per heavy atom. The summed E-state index contributed by atoms with van der Waals surface area (Å²) in [6.45, 7) is 1.84. The summed E-state index contributed by atoms with van der Waals surface area (Å²) in [5.74, 6) is 0. The highest BCUT2D eigenvalue weighted by atomic mass is 32.2. The number of nitrogens with one attached hydrogen (secondary N) is 2. The molecule has 0 fully saturated rings. The van der Waals surface area contributed by atoms with Crippen LogP contribution in [0.1, 0.15) is 11.1 Å². The average molecular weight is 475 g/mol. The van der Waals surface area contributed by atoms with Crippen molar-refractivity contribution in [2.45, 2.75) is 16.7 Å². The first-order valence-corrected chi connectivity index (χ1v) is 12.0. The van der Waals surface area contributed by atoms with E-state index < -0.39 is 25.0 Å². The van der Waals surface area contributed by atoms with Crippen molar-refractivity contribution in [3.05, 3.63) is 94.0 Å². The lowest BCUT2D eigenvalue weighted by atomic mass is 10.2. The third-order valence-corrected chi connectivity index (χ3v) is 6.89. The van der Waals surface area contributed by atoms with E-state index in [9.17, 15) is 26.9 Å². The Kier molecular flexibility index (Phi) is 6.55. The van der Waals surface area contributed by atoms with Crippen LogP contribution in [0.4, 0.5) is 11.4 Å². The number of anilines is 1. The van der Waals surface area contributed by atoms with Gasteiger partial charge in [0.1, 0.15) is 0 Å². The first-order chi connectivity index (χ1) is 15.1. The normalized spacial score (nSPS) is 11.9. The van der Waals surface area contributed by atoms with Gasteiger partial charge in [-0.2, -0.15) is 13.5 Å². The number of nitrogens with zero attached hydrogens (tertiary/aromatic N) is 2. The first kappa shape index (κ1) is 22.9. The van der Waals surface area contributed by atoms with Crippen LogP contribution < -0.4 is 9.55 Å². The second-order valence-electron chi connectivity index (χ2n) is 6.61. The zero-order chi connectivity index (χ0) is 23.4. The Hall–Kier alpha value is -3.77. The predicted molar refractivity (Wildman–Crippen MR) is 119 cm³/mol. The molecule has 0 radical (unpaired) electrons. The highest BCUT2D eigenvalue weighted by molar-refractivity contribution is 7.92. The summed E-state index contributed by atoms with van der Waals surface area (Å²) in [6, 6.07) is 16.9. The monoisotopic (exact) mass is 474 g/mol. The van der Waals surface area contributed by atoms with Crippen molar-refractivity contribution in [1.29, 1.82) is 0 Å². The number of non-ortho nitro benzene ring substituents is 1. The SMILES string of the molecule is Cc1ccc(S(=O)(=O)Nc2ccccc2/C=N\NS(=O)(=O)c2ccc([N+](=O)[O-])cc2)cc1. The summed E-state index contributed by atoms with van der Waals surface area (Å²) in [6.07, 6.45) is 1.15. The van der Waals surface area contributed by atoms with E-state index in [4.69, 9.17) is 0 Å². The van der Waals surface area contributed by atoms with Gasteiger partial charge in [-0.25, -0.2) is 13.2 Å². The highest BCUT2D eigenvalue weighted by Gasteiger charge is 2.16. The maximum atomic E-state index is 12.6. The molecule has 0 aliphatic carbocycles. The zero-order valence-electron chi connectivity index (χ0n) is 16.7. The second-order valence-corrected chi connectivity index (χ2v) is 9.95. The lowest BCUT2D eigenvalue weighted by molar-refractivity contribution is -0.384. The van der Waals surface area contributed by atoms with Crippen molar-refractivity contribution < 1.29 is 21.8 Å². The molecule has 0 aliphatic rings. The van der Waals surface area contributed by atoms with Gasteiger partial charge in [0, 0.05) is 17.7 Å². The lowest BCUT2D eigenvalue weighted by Crippen LogP contribution is -2.18. The minimum absolute atomic E-state index is 0.0775. The minimum Gasteiger partial charge on any atom is -0.279 e. The van der Waals surface area contributed by atoms with Gasteiger partial charge in [-0.05, 0) is 37.3 Å². The summed E-state index contributed by atoms with van der Waals surface area (Å²) in [5, 5.41) is 14.4. The van der Waals surface area contributed by atoms with Crippen molar-refractivity contribution in [1.82, 2.24) is 4.83 Å². The summed E-state index contributed by atoms with van der Waals surface area (Å²) in [4.78, 5) is 11.9. The summed E-state index contributed by atoms with van der Waals surface area (Å²) < 4.78 is 52.4. The topological polar surface area (TPSA) is 148 Å². The molecule has 0 saturated heterocycles. The number of benzene rings is 3. The van der Waals surface area contributed by atoms with Crippen molar-refractivity contribution >= 4 is 37.6 Å². The fraction of sp³-hybridized carbons (Fsp3) is 0.0500. The van der Waals surface area contributed by atoms with E-state index >= 15 is 0 Å². The summed E-state index contributed by atoms with van der Waals surface area (Å²) in [5.41, 5.74) is 1.18. The number of para-hydroxylation sites is 1. The number of hydrogen-bond acceptors (Lipinski definition) is 7. The minimum atomic E-state index is -4.08. The Morgan fingerprint density at radius 2 is 1.41 bits per heavy atom. The number of aryl methyl sites for hydroxylation is 1. The van der Waals surface area contributed by atoms with Gasteiger partial charge in [0.2, 0.25) is 0 Å². The molecule has 166 valence electrons. The van der Waals surface area contributed by atoms with E-state index in [0.29, 0.717) is 5.56 Å². The van der Waals surface area contributed by atoms with Crippen LogP contribution in [0.5, 0.6) is 0 Å². The van der Waals surface area contributed by atoms with E-state index in [-0.39, 0.29) is 21.2 Å². The molecule has 0 unspecified atom stereocenters. The van der Waals surface area contributed by atoms with E-state index in [0.717, 1.165) is 36.0 Å². The van der Waals surface area contributed by atoms with Crippen LogP contribution in [0.3, 0.4) is 0 Å². The molecular formula is C20H18N4O6S2. The molecule has 32 heavy (non-hydrogen) atoms. The highest BCUT2D eigenvalue weighted by Crippen LogP contribution is 2.20. The van der Waals surface area contributed by atoms with Gasteiger partial charge >= 0.3 is 0 Å². The first-order valence-electron chi connectivity index (χ1n) is 9.06. The maximum Gasteiger partial charge on any atom is 0.276 e. The average Bonchev–Trinajstić information content (AvgIpc) is 2.75. The van der Waals surface area contributed by atoms with Crippen molar-refractivity contribution in [2.24, 2.45) is 5.10 Å². The third kappa shape index (κ3) is 5.47. The molecule has 0 amide bonds. The van der Waals surface area contributed by atoms with Crippen LogP contribution in [0.25, 0.3) is 0 Å². The fourth-order valence-corrected chi connectivity index (χ4v) is 4.47. The van der Waals surface area contributed by atoms with Gasteiger partial charge in [0.25, 0.3) is 25.7 Å². The number of nitro groups is 1. The van der Waals surface area contributed by atoms with Crippen LogP contribution in [0.2, 0.25) is 0 Å².